The van der Waals surface area contributed by atoms with E-state index in [1.165, 1.54) is 0 Å². The minimum Gasteiger partial charge on any atom is -0.478 e. The van der Waals surface area contributed by atoms with Gasteiger partial charge in [0.05, 0.1) is 11.1 Å². The van der Waals surface area contributed by atoms with Crippen molar-refractivity contribution in [2.45, 2.75) is 25.5 Å². The quantitative estimate of drug-likeness (QED) is 0.884. The molecule has 18 heavy (non-hydrogen) atoms. The highest BCUT2D eigenvalue weighted by Crippen LogP contribution is 2.29. The molecule has 1 atom stereocenters. The highest BCUT2D eigenvalue weighted by Gasteiger charge is 2.21. The molecule has 2 heterocycles. The van der Waals surface area contributed by atoms with Gasteiger partial charge in [-0.2, -0.15) is 0 Å². The predicted molar refractivity (Wildman–Crippen MR) is 67.7 cm³/mol. The summed E-state index contributed by atoms with van der Waals surface area (Å²) in [4.78, 5) is 11.3. The first kappa shape index (κ1) is 11.3. The van der Waals surface area contributed by atoms with Gasteiger partial charge in [-0.1, -0.05) is 18.2 Å². The summed E-state index contributed by atoms with van der Waals surface area (Å²) < 4.78 is 7.69. The zero-order chi connectivity index (χ0) is 12.5. The van der Waals surface area contributed by atoms with Crippen LogP contribution in [0, 0.1) is 0 Å². The van der Waals surface area contributed by atoms with Gasteiger partial charge in [0.1, 0.15) is 6.23 Å². The molecule has 1 aliphatic rings. The number of rotatable bonds is 2. The molecule has 1 aliphatic heterocycles. The number of carboxylic acid groups (broad SMARTS) is 1. The summed E-state index contributed by atoms with van der Waals surface area (Å²) in [6.07, 6.45) is 4.82. The number of carboxylic acids is 1. The van der Waals surface area contributed by atoms with Gasteiger partial charge in [-0.15, -0.1) is 0 Å². The van der Waals surface area contributed by atoms with Gasteiger partial charge in [0.15, 0.2) is 0 Å². The van der Waals surface area contributed by atoms with Crippen LogP contribution < -0.4 is 0 Å². The zero-order valence-corrected chi connectivity index (χ0v) is 10.0. The molecule has 1 saturated heterocycles. The first-order chi connectivity index (χ1) is 8.77. The largest absolute Gasteiger partial charge is 0.478 e. The van der Waals surface area contributed by atoms with Crippen molar-refractivity contribution >= 4 is 16.9 Å². The molecular weight excluding hydrogens is 230 g/mol. The molecule has 0 aliphatic carbocycles. The van der Waals surface area contributed by atoms with Gasteiger partial charge in [-0.3, -0.25) is 0 Å². The Morgan fingerprint density at radius 1 is 1.33 bits per heavy atom. The second-order valence-electron chi connectivity index (χ2n) is 4.59. The number of para-hydroxylation sites is 1. The first-order valence-electron chi connectivity index (χ1n) is 6.22. The monoisotopic (exact) mass is 245 g/mol. The van der Waals surface area contributed by atoms with Crippen LogP contribution in [-0.4, -0.2) is 22.2 Å². The van der Waals surface area contributed by atoms with Crippen molar-refractivity contribution in [3.05, 3.63) is 36.0 Å². The Morgan fingerprint density at radius 2 is 2.17 bits per heavy atom. The lowest BCUT2D eigenvalue weighted by Crippen LogP contribution is -2.17. The Morgan fingerprint density at radius 3 is 2.89 bits per heavy atom. The van der Waals surface area contributed by atoms with Crippen molar-refractivity contribution in [3.63, 3.8) is 0 Å². The fourth-order valence-electron chi connectivity index (χ4n) is 2.56. The molecule has 0 amide bonds. The van der Waals surface area contributed by atoms with Crippen molar-refractivity contribution in [2.75, 3.05) is 6.61 Å². The van der Waals surface area contributed by atoms with E-state index in [4.69, 9.17) is 4.74 Å². The summed E-state index contributed by atoms with van der Waals surface area (Å²) in [5.41, 5.74) is 1.28. The SMILES string of the molecule is O=C(O)c1cn(C2CCCCO2)c2ccccc12. The second-order valence-corrected chi connectivity index (χ2v) is 4.59. The average molecular weight is 245 g/mol. The molecule has 1 unspecified atom stereocenters. The lowest BCUT2D eigenvalue weighted by Gasteiger charge is -2.24. The predicted octanol–water partition coefficient (Wildman–Crippen LogP) is 3.04. The molecule has 1 aromatic carbocycles. The third-order valence-electron chi connectivity index (χ3n) is 3.44. The molecule has 0 bridgehead atoms. The summed E-state index contributed by atoms with van der Waals surface area (Å²) in [6, 6.07) is 7.58. The zero-order valence-electron chi connectivity index (χ0n) is 10.0. The summed E-state index contributed by atoms with van der Waals surface area (Å²) >= 11 is 0. The normalized spacial score (nSPS) is 20.1. The van der Waals surface area contributed by atoms with Gasteiger partial charge in [0, 0.05) is 18.2 Å². The molecular formula is C14H15NO3. The van der Waals surface area contributed by atoms with Crippen molar-refractivity contribution in [1.29, 1.82) is 0 Å². The van der Waals surface area contributed by atoms with E-state index in [-0.39, 0.29) is 6.23 Å². The van der Waals surface area contributed by atoms with Crippen LogP contribution in [0.2, 0.25) is 0 Å². The molecule has 0 saturated carbocycles. The Hall–Kier alpha value is -1.81. The Kier molecular flexibility index (Phi) is 2.80. The van der Waals surface area contributed by atoms with Gasteiger partial charge >= 0.3 is 5.97 Å². The van der Waals surface area contributed by atoms with Crippen LogP contribution in [0.3, 0.4) is 0 Å². The fourth-order valence-corrected chi connectivity index (χ4v) is 2.56. The van der Waals surface area contributed by atoms with E-state index in [2.05, 4.69) is 0 Å². The molecule has 3 rings (SSSR count). The van der Waals surface area contributed by atoms with Crippen molar-refractivity contribution in [1.82, 2.24) is 4.57 Å². The molecule has 4 nitrogen and oxygen atoms in total. The number of ether oxygens (including phenoxy) is 1. The Labute approximate surface area is 105 Å². The molecule has 1 N–H and O–H groups in total. The number of hydrogen-bond donors (Lipinski definition) is 1. The van der Waals surface area contributed by atoms with Crippen LogP contribution in [0.4, 0.5) is 0 Å². The summed E-state index contributed by atoms with van der Waals surface area (Å²) in [5.74, 6) is -0.888. The van der Waals surface area contributed by atoms with Gasteiger partial charge in [-0.25, -0.2) is 4.79 Å². The van der Waals surface area contributed by atoms with Gasteiger partial charge in [-0.05, 0) is 25.3 Å². The van der Waals surface area contributed by atoms with E-state index in [9.17, 15) is 9.90 Å². The van der Waals surface area contributed by atoms with E-state index in [1.54, 1.807) is 6.20 Å². The minimum absolute atomic E-state index is 0.0308. The van der Waals surface area contributed by atoms with Crippen LogP contribution in [0.15, 0.2) is 30.5 Å². The number of aromatic nitrogens is 1. The van der Waals surface area contributed by atoms with Crippen LogP contribution in [-0.2, 0) is 4.74 Å². The van der Waals surface area contributed by atoms with Gasteiger partial charge in [0.2, 0.25) is 0 Å². The minimum atomic E-state index is -0.888. The fraction of sp³-hybridized carbons (Fsp3) is 0.357. The van der Waals surface area contributed by atoms with E-state index in [1.807, 2.05) is 28.8 Å². The van der Waals surface area contributed by atoms with Crippen molar-refractivity contribution in [3.8, 4) is 0 Å². The third-order valence-corrected chi connectivity index (χ3v) is 3.44. The molecule has 94 valence electrons. The standard InChI is InChI=1S/C14H15NO3/c16-14(17)11-9-15(13-7-3-4-8-18-13)12-6-2-1-5-10(11)12/h1-2,5-6,9,13H,3-4,7-8H2,(H,16,17). The maximum atomic E-state index is 11.3. The number of nitrogens with zero attached hydrogens (tertiary/aromatic N) is 1. The molecule has 2 aromatic rings. The first-order valence-corrected chi connectivity index (χ1v) is 6.22. The van der Waals surface area contributed by atoms with Crippen LogP contribution >= 0.6 is 0 Å². The lowest BCUT2D eigenvalue weighted by molar-refractivity contribution is -0.0292. The maximum Gasteiger partial charge on any atom is 0.337 e. The number of carbonyl (C=O) groups is 1. The van der Waals surface area contributed by atoms with Crippen molar-refractivity contribution < 1.29 is 14.6 Å². The molecule has 4 heteroatoms. The average Bonchev–Trinajstić information content (AvgIpc) is 2.79. The Bertz CT molecular complexity index is 582. The van der Waals surface area contributed by atoms with Crippen LogP contribution in [0.1, 0.15) is 35.8 Å². The second kappa shape index (κ2) is 4.46. The molecule has 0 spiro atoms. The summed E-state index contributed by atoms with van der Waals surface area (Å²) in [7, 11) is 0. The van der Waals surface area contributed by atoms with E-state index < -0.39 is 5.97 Å². The van der Waals surface area contributed by atoms with E-state index in [0.29, 0.717) is 5.56 Å². The summed E-state index contributed by atoms with van der Waals surface area (Å²) in [5, 5.41) is 10.0. The summed E-state index contributed by atoms with van der Waals surface area (Å²) in [6.45, 7) is 0.750. The number of benzene rings is 1. The van der Waals surface area contributed by atoms with Gasteiger partial charge < -0.3 is 14.4 Å². The topological polar surface area (TPSA) is 51.5 Å². The van der Waals surface area contributed by atoms with Crippen LogP contribution in [0.25, 0.3) is 10.9 Å². The maximum absolute atomic E-state index is 11.3. The number of hydrogen-bond acceptors (Lipinski definition) is 2. The Balaban J connectivity index is 2.13. The smallest absolute Gasteiger partial charge is 0.337 e. The highest BCUT2D eigenvalue weighted by atomic mass is 16.5. The number of fused-ring (bicyclic) bond motifs is 1. The molecule has 0 radical (unpaired) electrons. The molecule has 1 aromatic heterocycles. The van der Waals surface area contributed by atoms with Crippen LogP contribution in [0.5, 0.6) is 0 Å². The third kappa shape index (κ3) is 1.78. The van der Waals surface area contributed by atoms with E-state index in [0.717, 1.165) is 36.8 Å². The van der Waals surface area contributed by atoms with Crippen molar-refractivity contribution in [2.24, 2.45) is 0 Å². The number of aromatic carboxylic acids is 1. The van der Waals surface area contributed by atoms with E-state index >= 15 is 0 Å². The molecule has 1 fully saturated rings. The lowest BCUT2D eigenvalue weighted by atomic mass is 10.1. The highest BCUT2D eigenvalue weighted by molar-refractivity contribution is 6.03. The van der Waals surface area contributed by atoms with Gasteiger partial charge in [0.25, 0.3) is 0 Å².